The van der Waals surface area contributed by atoms with Gasteiger partial charge in [0.05, 0.1) is 4.90 Å². The number of hydrogen-bond donors (Lipinski definition) is 3. The Labute approximate surface area is 183 Å². The van der Waals surface area contributed by atoms with Crippen LogP contribution in [0.3, 0.4) is 0 Å². The van der Waals surface area contributed by atoms with Crippen LogP contribution in [0.15, 0.2) is 53.4 Å². The average Bonchev–Trinajstić information content (AvgIpc) is 2.95. The molecule has 0 spiro atoms. The number of benzene rings is 2. The number of hydrogen-bond acceptors (Lipinski definition) is 4. The highest BCUT2D eigenvalue weighted by Gasteiger charge is 2.18. The first-order valence-electron chi connectivity index (χ1n) is 10.6. The minimum absolute atomic E-state index is 0.0519. The fraction of sp³-hybridized carbons (Fsp3) is 0.391. The minimum Gasteiger partial charge on any atom is -0.356 e. The fourth-order valence-corrected chi connectivity index (χ4v) is 4.64. The molecule has 3 N–H and O–H groups in total. The molecule has 31 heavy (non-hydrogen) atoms. The summed E-state index contributed by atoms with van der Waals surface area (Å²) in [4.78, 5) is 23.9. The number of sulfonamides is 1. The average molecular weight is 444 g/mol. The monoisotopic (exact) mass is 443 g/mol. The lowest BCUT2D eigenvalue weighted by Crippen LogP contribution is -2.29. The zero-order valence-electron chi connectivity index (χ0n) is 17.7. The number of carbonyl (C=O) groups excluding carboxylic acids is 2. The Hall–Kier alpha value is -2.71. The standard InChI is InChI=1S/C23H29N3O4S/c1-17(18-7-3-2-4-8-18)16-24-22(27)11-6-14-25-31(29,30)20-12-13-21-19(15-20)9-5-10-23(28)26-21/h2-4,7-8,12-13,15,17,25H,5-6,9-11,14,16H2,1H3,(H,24,27)(H,26,28). The van der Waals surface area contributed by atoms with Gasteiger partial charge in [0.1, 0.15) is 0 Å². The summed E-state index contributed by atoms with van der Waals surface area (Å²) in [7, 11) is -3.67. The molecular formula is C23H29N3O4S. The summed E-state index contributed by atoms with van der Waals surface area (Å²) in [6.07, 6.45) is 2.43. The van der Waals surface area contributed by atoms with E-state index in [4.69, 9.17) is 0 Å². The van der Waals surface area contributed by atoms with E-state index in [1.54, 1.807) is 12.1 Å². The van der Waals surface area contributed by atoms with Crippen molar-refractivity contribution in [2.24, 2.45) is 0 Å². The molecule has 7 nitrogen and oxygen atoms in total. The maximum atomic E-state index is 12.6. The van der Waals surface area contributed by atoms with E-state index in [1.165, 1.54) is 6.07 Å². The Morgan fingerprint density at radius 3 is 2.68 bits per heavy atom. The third-order valence-corrected chi connectivity index (χ3v) is 6.82. The molecule has 0 saturated carbocycles. The SMILES string of the molecule is CC(CNC(=O)CCCNS(=O)(=O)c1ccc2c(c1)CCCC(=O)N2)c1ccccc1. The second-order valence-corrected chi connectivity index (χ2v) is 9.60. The molecule has 0 fully saturated rings. The van der Waals surface area contributed by atoms with Gasteiger partial charge in [0, 0.05) is 31.6 Å². The van der Waals surface area contributed by atoms with Gasteiger partial charge in [0.25, 0.3) is 0 Å². The molecule has 1 aliphatic rings. The lowest BCUT2D eigenvalue weighted by atomic mass is 10.0. The molecule has 1 aliphatic heterocycles. The molecule has 0 aromatic heterocycles. The summed E-state index contributed by atoms with van der Waals surface area (Å²) in [5.74, 6) is 0.0633. The summed E-state index contributed by atoms with van der Waals surface area (Å²) in [6, 6.07) is 14.7. The molecule has 0 aliphatic carbocycles. The van der Waals surface area contributed by atoms with Gasteiger partial charge in [0.15, 0.2) is 0 Å². The van der Waals surface area contributed by atoms with Crippen molar-refractivity contribution in [2.75, 3.05) is 18.4 Å². The fourth-order valence-electron chi connectivity index (χ4n) is 3.51. The molecule has 0 saturated heterocycles. The number of aryl methyl sites for hydroxylation is 1. The Morgan fingerprint density at radius 1 is 1.13 bits per heavy atom. The molecule has 166 valence electrons. The van der Waals surface area contributed by atoms with E-state index >= 15 is 0 Å². The molecule has 1 unspecified atom stereocenters. The second kappa shape index (κ2) is 10.5. The normalized spacial score (nSPS) is 14.8. The molecule has 2 aromatic rings. The van der Waals surface area contributed by atoms with Crippen LogP contribution in [-0.4, -0.2) is 33.3 Å². The van der Waals surface area contributed by atoms with Crippen molar-refractivity contribution in [3.05, 3.63) is 59.7 Å². The maximum Gasteiger partial charge on any atom is 0.240 e. The van der Waals surface area contributed by atoms with Crippen molar-refractivity contribution in [3.63, 3.8) is 0 Å². The van der Waals surface area contributed by atoms with E-state index in [0.717, 1.165) is 11.1 Å². The molecular weight excluding hydrogens is 414 g/mol. The Bertz CT molecular complexity index is 1020. The molecule has 1 atom stereocenters. The Balaban J connectivity index is 1.44. The molecule has 1 heterocycles. The first-order valence-corrected chi connectivity index (χ1v) is 12.1. The van der Waals surface area contributed by atoms with Crippen molar-refractivity contribution < 1.29 is 18.0 Å². The Morgan fingerprint density at radius 2 is 1.90 bits per heavy atom. The number of fused-ring (bicyclic) bond motifs is 1. The number of amides is 2. The molecule has 3 rings (SSSR count). The van der Waals surface area contributed by atoms with Crippen molar-refractivity contribution in [2.45, 2.75) is 49.8 Å². The van der Waals surface area contributed by atoms with Crippen LogP contribution in [0.2, 0.25) is 0 Å². The van der Waals surface area contributed by atoms with Crippen molar-refractivity contribution in [1.82, 2.24) is 10.0 Å². The lowest BCUT2D eigenvalue weighted by Gasteiger charge is -2.13. The van der Waals surface area contributed by atoms with Gasteiger partial charge in [-0.3, -0.25) is 9.59 Å². The molecule has 2 aromatic carbocycles. The van der Waals surface area contributed by atoms with Gasteiger partial charge in [0.2, 0.25) is 21.8 Å². The maximum absolute atomic E-state index is 12.6. The second-order valence-electron chi connectivity index (χ2n) is 7.84. The lowest BCUT2D eigenvalue weighted by molar-refractivity contribution is -0.121. The quantitative estimate of drug-likeness (QED) is 0.518. The minimum atomic E-state index is -3.67. The van der Waals surface area contributed by atoms with Crippen molar-refractivity contribution >= 4 is 27.5 Å². The van der Waals surface area contributed by atoms with Crippen LogP contribution in [0.1, 0.15) is 49.7 Å². The summed E-state index contributed by atoms with van der Waals surface area (Å²) in [5, 5.41) is 5.70. The Kier molecular flexibility index (Phi) is 7.81. The highest BCUT2D eigenvalue weighted by atomic mass is 32.2. The third-order valence-electron chi connectivity index (χ3n) is 5.36. The largest absolute Gasteiger partial charge is 0.356 e. The zero-order valence-corrected chi connectivity index (χ0v) is 18.5. The number of nitrogens with one attached hydrogen (secondary N) is 3. The van der Waals surface area contributed by atoms with Crippen LogP contribution in [0.5, 0.6) is 0 Å². The number of anilines is 1. The number of rotatable bonds is 9. The number of carbonyl (C=O) groups is 2. The van der Waals surface area contributed by atoms with E-state index in [1.807, 2.05) is 30.3 Å². The van der Waals surface area contributed by atoms with Gasteiger partial charge in [-0.25, -0.2) is 13.1 Å². The van der Waals surface area contributed by atoms with E-state index in [9.17, 15) is 18.0 Å². The van der Waals surface area contributed by atoms with Crippen LogP contribution in [0.25, 0.3) is 0 Å². The predicted octanol–water partition coefficient (Wildman–Crippen LogP) is 2.94. The molecule has 2 amide bonds. The van der Waals surface area contributed by atoms with E-state index < -0.39 is 10.0 Å². The molecule has 0 radical (unpaired) electrons. The van der Waals surface area contributed by atoms with E-state index in [-0.39, 0.29) is 35.6 Å². The van der Waals surface area contributed by atoms with E-state index in [0.29, 0.717) is 37.9 Å². The summed E-state index contributed by atoms with van der Waals surface area (Å²) in [5.41, 5.74) is 2.65. The summed E-state index contributed by atoms with van der Waals surface area (Å²) >= 11 is 0. The first-order chi connectivity index (χ1) is 14.8. The van der Waals surface area contributed by atoms with Crippen LogP contribution < -0.4 is 15.4 Å². The van der Waals surface area contributed by atoms with Crippen LogP contribution in [0, 0.1) is 0 Å². The first kappa shape index (κ1) is 23.0. The summed E-state index contributed by atoms with van der Waals surface area (Å²) in [6.45, 7) is 2.77. The molecule has 8 heteroatoms. The van der Waals surface area contributed by atoms with Gasteiger partial charge >= 0.3 is 0 Å². The van der Waals surface area contributed by atoms with Gasteiger partial charge in [-0.15, -0.1) is 0 Å². The third kappa shape index (κ3) is 6.63. The van der Waals surface area contributed by atoms with Crippen LogP contribution in [0.4, 0.5) is 5.69 Å². The van der Waals surface area contributed by atoms with Crippen molar-refractivity contribution in [3.8, 4) is 0 Å². The highest BCUT2D eigenvalue weighted by molar-refractivity contribution is 7.89. The van der Waals surface area contributed by atoms with E-state index in [2.05, 4.69) is 22.3 Å². The van der Waals surface area contributed by atoms with Gasteiger partial charge in [-0.05, 0) is 54.5 Å². The van der Waals surface area contributed by atoms with Gasteiger partial charge in [-0.2, -0.15) is 0 Å². The van der Waals surface area contributed by atoms with Crippen molar-refractivity contribution in [1.29, 1.82) is 0 Å². The van der Waals surface area contributed by atoms with Crippen LogP contribution >= 0.6 is 0 Å². The van der Waals surface area contributed by atoms with Crippen LogP contribution in [-0.2, 0) is 26.0 Å². The molecule has 0 bridgehead atoms. The van der Waals surface area contributed by atoms with Gasteiger partial charge in [-0.1, -0.05) is 37.3 Å². The highest BCUT2D eigenvalue weighted by Crippen LogP contribution is 2.25. The predicted molar refractivity (Wildman–Crippen MR) is 120 cm³/mol. The summed E-state index contributed by atoms with van der Waals surface area (Å²) < 4.78 is 27.7. The zero-order chi connectivity index (χ0) is 22.3. The van der Waals surface area contributed by atoms with Gasteiger partial charge < -0.3 is 10.6 Å². The topological polar surface area (TPSA) is 104 Å². The smallest absolute Gasteiger partial charge is 0.240 e.